The van der Waals surface area contributed by atoms with Gasteiger partial charge in [0, 0.05) is 31.5 Å². The molecule has 4 aromatic rings. The van der Waals surface area contributed by atoms with Crippen molar-refractivity contribution in [2.75, 3.05) is 16.8 Å². The van der Waals surface area contributed by atoms with Crippen LogP contribution in [0.3, 0.4) is 0 Å². The second-order valence-corrected chi connectivity index (χ2v) is 13.4. The third kappa shape index (κ3) is 5.78. The van der Waals surface area contributed by atoms with Crippen LogP contribution in [-0.2, 0) is 20.6 Å². The predicted octanol–water partition coefficient (Wildman–Crippen LogP) is 6.68. The van der Waals surface area contributed by atoms with E-state index < -0.39 is 53.2 Å². The monoisotopic (exact) mass is 723 g/mol. The van der Waals surface area contributed by atoms with Crippen LogP contribution in [0.15, 0.2) is 81.0 Å². The first-order valence-electron chi connectivity index (χ1n) is 12.8. The van der Waals surface area contributed by atoms with Gasteiger partial charge in [0.25, 0.3) is 5.91 Å². The Hall–Kier alpha value is -3.59. The van der Waals surface area contributed by atoms with E-state index >= 15 is 0 Å². The summed E-state index contributed by atoms with van der Waals surface area (Å²) >= 11 is 11.7. The van der Waals surface area contributed by atoms with Crippen LogP contribution in [0.25, 0.3) is 0 Å². The lowest BCUT2D eigenvalue weighted by Gasteiger charge is -2.31. The Bertz CT molecular complexity index is 1860. The van der Waals surface area contributed by atoms with Gasteiger partial charge >= 0.3 is 11.0 Å². The molecule has 6 rings (SSSR count). The smallest absolute Gasteiger partial charge is 0.416 e. The minimum Gasteiger partial charge on any atom is -0.483 e. The number of nitrogens with one attached hydrogen (secondary N) is 2. The van der Waals surface area contributed by atoms with Gasteiger partial charge in [-0.3, -0.25) is 19.2 Å². The van der Waals surface area contributed by atoms with E-state index in [0.717, 1.165) is 44.6 Å². The molecule has 0 unspecified atom stereocenters. The lowest BCUT2D eigenvalue weighted by molar-refractivity contribution is -0.137. The van der Waals surface area contributed by atoms with E-state index in [0.29, 0.717) is 21.2 Å². The zero-order chi connectivity index (χ0) is 31.3. The number of anilines is 2. The number of carbonyl (C=O) groups is 3. The fourth-order valence-electron chi connectivity index (χ4n) is 5.20. The van der Waals surface area contributed by atoms with Crippen molar-refractivity contribution in [3.63, 3.8) is 0 Å². The molecule has 3 atom stereocenters. The fourth-order valence-corrected chi connectivity index (χ4v) is 8.16. The largest absolute Gasteiger partial charge is 0.483 e. The lowest BCUT2D eigenvalue weighted by atomic mass is 9.82. The van der Waals surface area contributed by atoms with Crippen molar-refractivity contribution in [1.82, 2.24) is 4.98 Å². The maximum absolute atomic E-state index is 14.0. The summed E-state index contributed by atoms with van der Waals surface area (Å²) in [5, 5.41) is 2.24. The zero-order valence-corrected chi connectivity index (χ0v) is 26.0. The van der Waals surface area contributed by atoms with Crippen LogP contribution in [0.4, 0.5) is 24.5 Å². The number of benzene rings is 3. The van der Waals surface area contributed by atoms with Gasteiger partial charge in [-0.1, -0.05) is 56.7 Å². The highest BCUT2D eigenvalue weighted by molar-refractivity contribution is 9.10. The summed E-state index contributed by atoms with van der Waals surface area (Å²) in [5.41, 5.74) is -0.227. The second kappa shape index (κ2) is 11.7. The van der Waals surface area contributed by atoms with Crippen molar-refractivity contribution in [1.29, 1.82) is 0 Å². The normalized spacial score (nSPS) is 19.5. The number of ether oxygens (including phenoxy) is 1. The van der Waals surface area contributed by atoms with E-state index in [2.05, 4.69) is 26.2 Å². The number of fused-ring (bicyclic) bond motifs is 2. The van der Waals surface area contributed by atoms with Crippen molar-refractivity contribution >= 4 is 79.7 Å². The standard InChI is InChI=1S/C29H18BrClF3N3O5S2/c30-14-4-7-17(8-5-14)37-26(39)22-21(23-25(36-28(41)44-23)43-24(22)27(37)40)18-11-15(31)6-9-19(18)42-12-20(38)35-16-3-1-2-13(10-16)29(32,33)34/h1-11,21-22,24H,12H2,(H,35,38)(H,36,41)/t21-,22-,24+/m0/s1. The summed E-state index contributed by atoms with van der Waals surface area (Å²) < 4.78 is 45.9. The van der Waals surface area contributed by atoms with Crippen molar-refractivity contribution in [3.8, 4) is 5.75 Å². The van der Waals surface area contributed by atoms with Crippen molar-refractivity contribution in [3.05, 3.63) is 102 Å². The molecule has 226 valence electrons. The predicted molar refractivity (Wildman–Crippen MR) is 164 cm³/mol. The Labute approximate surface area is 268 Å². The van der Waals surface area contributed by atoms with E-state index in [4.69, 9.17) is 16.3 Å². The topological polar surface area (TPSA) is 109 Å². The molecule has 2 aliphatic rings. The van der Waals surface area contributed by atoms with Gasteiger partial charge in [0.2, 0.25) is 11.8 Å². The van der Waals surface area contributed by atoms with Crippen LogP contribution in [0.1, 0.15) is 21.9 Å². The third-order valence-corrected chi connectivity index (χ3v) is 10.2. The molecular weight excluding hydrogens is 707 g/mol. The summed E-state index contributed by atoms with van der Waals surface area (Å²) in [6.07, 6.45) is -4.58. The van der Waals surface area contributed by atoms with Gasteiger partial charge < -0.3 is 15.0 Å². The first-order chi connectivity index (χ1) is 20.9. The molecule has 0 aliphatic carbocycles. The van der Waals surface area contributed by atoms with Crippen LogP contribution in [-0.4, -0.2) is 34.6 Å². The highest BCUT2D eigenvalue weighted by Gasteiger charge is 2.56. The summed E-state index contributed by atoms with van der Waals surface area (Å²) in [4.78, 5) is 56.8. The number of rotatable bonds is 6. The summed E-state index contributed by atoms with van der Waals surface area (Å²) in [7, 11) is 0. The second-order valence-electron chi connectivity index (χ2n) is 9.84. The molecule has 0 radical (unpaired) electrons. The molecule has 0 saturated carbocycles. The summed E-state index contributed by atoms with van der Waals surface area (Å²) in [6, 6.07) is 15.4. The minimum atomic E-state index is -4.58. The van der Waals surface area contributed by atoms with Gasteiger partial charge in [-0.15, -0.1) is 0 Å². The Morgan fingerprint density at radius 1 is 1.05 bits per heavy atom. The van der Waals surface area contributed by atoms with Crippen LogP contribution in [0.5, 0.6) is 5.75 Å². The van der Waals surface area contributed by atoms with Crippen LogP contribution < -0.4 is 19.8 Å². The summed E-state index contributed by atoms with van der Waals surface area (Å²) in [6.45, 7) is -0.589. The molecule has 2 aliphatic heterocycles. The third-order valence-electron chi connectivity index (χ3n) is 7.05. The lowest BCUT2D eigenvalue weighted by Crippen LogP contribution is -2.32. The molecule has 44 heavy (non-hydrogen) atoms. The van der Waals surface area contributed by atoms with E-state index in [1.165, 1.54) is 24.3 Å². The molecule has 1 fully saturated rings. The van der Waals surface area contributed by atoms with E-state index in [9.17, 15) is 32.3 Å². The van der Waals surface area contributed by atoms with Crippen LogP contribution in [0, 0.1) is 5.92 Å². The number of thioether (sulfide) groups is 1. The molecule has 1 saturated heterocycles. The number of aromatic nitrogens is 1. The SMILES string of the molecule is O=C(COc1ccc(Cl)cc1[C@@H]1c2sc(=O)[nH]c2S[C@H]2C(=O)N(c3ccc(Br)cc3)C(=O)[C@@H]12)Nc1cccc(C(F)(F)F)c1. The number of amides is 3. The first-order valence-corrected chi connectivity index (χ1v) is 15.7. The maximum atomic E-state index is 14.0. The van der Waals surface area contributed by atoms with Crippen molar-refractivity contribution in [2.24, 2.45) is 5.92 Å². The number of alkyl halides is 3. The van der Waals surface area contributed by atoms with Gasteiger partial charge in [-0.25, -0.2) is 4.90 Å². The van der Waals surface area contributed by atoms with E-state index in [-0.39, 0.29) is 21.3 Å². The summed E-state index contributed by atoms with van der Waals surface area (Å²) in [5.74, 6) is -3.27. The maximum Gasteiger partial charge on any atom is 0.416 e. The molecule has 8 nitrogen and oxygen atoms in total. The number of carbonyl (C=O) groups excluding carboxylic acids is 3. The molecule has 3 heterocycles. The molecule has 1 aromatic heterocycles. The molecule has 15 heteroatoms. The Morgan fingerprint density at radius 3 is 2.52 bits per heavy atom. The van der Waals surface area contributed by atoms with Crippen molar-refractivity contribution < 1.29 is 32.3 Å². The minimum absolute atomic E-state index is 0.0678. The number of hydrogen-bond acceptors (Lipinski definition) is 7. The van der Waals surface area contributed by atoms with Gasteiger partial charge in [0.1, 0.15) is 11.0 Å². The Morgan fingerprint density at radius 2 is 1.80 bits per heavy atom. The molecule has 0 spiro atoms. The van der Waals surface area contributed by atoms with E-state index in [1.54, 1.807) is 30.3 Å². The number of hydrogen-bond donors (Lipinski definition) is 2. The number of halogens is 5. The highest BCUT2D eigenvalue weighted by atomic mass is 79.9. The molecule has 3 amide bonds. The number of nitrogens with zero attached hydrogens (tertiary/aromatic N) is 1. The number of imide groups is 1. The Balaban J connectivity index is 1.33. The molecular formula is C29H18BrClF3N3O5S2. The van der Waals surface area contributed by atoms with Gasteiger partial charge in [-0.2, -0.15) is 13.2 Å². The van der Waals surface area contributed by atoms with Gasteiger partial charge in [-0.05, 0) is 60.7 Å². The zero-order valence-electron chi connectivity index (χ0n) is 22.0. The van der Waals surface area contributed by atoms with E-state index in [1.807, 2.05) is 0 Å². The van der Waals surface area contributed by atoms with Gasteiger partial charge in [0.15, 0.2) is 6.61 Å². The highest BCUT2D eigenvalue weighted by Crippen LogP contribution is 2.54. The number of H-pyrrole nitrogens is 1. The average molecular weight is 725 g/mol. The molecule has 3 aromatic carbocycles. The first kappa shape index (κ1) is 30.4. The van der Waals surface area contributed by atoms with Gasteiger partial charge in [0.05, 0.1) is 22.2 Å². The molecule has 2 N–H and O–H groups in total. The van der Waals surface area contributed by atoms with Crippen LogP contribution in [0.2, 0.25) is 5.02 Å². The number of thiazole rings is 1. The fraction of sp³-hybridized carbons (Fsp3) is 0.172. The number of aromatic amines is 1. The van der Waals surface area contributed by atoms with Crippen molar-refractivity contribution in [2.45, 2.75) is 22.4 Å². The Kier molecular flexibility index (Phi) is 8.11. The average Bonchev–Trinajstić information content (AvgIpc) is 3.46. The quantitative estimate of drug-likeness (QED) is 0.215. The molecule has 0 bridgehead atoms. The van der Waals surface area contributed by atoms with Crippen LogP contribution >= 0.6 is 50.6 Å².